The Morgan fingerprint density at radius 3 is 2.20 bits per heavy atom. The number of benzene rings is 1. The first-order valence-corrected chi connectivity index (χ1v) is 6.16. The molecule has 0 spiro atoms. The molecule has 0 radical (unpaired) electrons. The van der Waals surface area contributed by atoms with Crippen LogP contribution in [0.25, 0.3) is 11.3 Å². The Bertz CT molecular complexity index is 635. The molecule has 1 aromatic carbocycles. The maximum absolute atomic E-state index is 13.1. The number of halogens is 3. The number of hydrogen-bond acceptors (Lipinski definition) is 1. The van der Waals surface area contributed by atoms with E-state index in [9.17, 15) is 13.2 Å². The molecule has 0 saturated carbocycles. The molecule has 20 heavy (non-hydrogen) atoms. The summed E-state index contributed by atoms with van der Waals surface area (Å²) in [4.78, 5) is 4.16. The Morgan fingerprint density at radius 2 is 1.70 bits per heavy atom. The first-order chi connectivity index (χ1) is 10.1. The average molecular weight is 281 g/mol. The standard InChI is InChI=1S/C16H16F3N/c1-15(2,16(17,18)19)11-12-6-8-13(9-7-12)14-5-3-4-10-20-14/h3-10H,11H2,1-2H3/i11D2. The van der Waals surface area contributed by atoms with Crippen LogP contribution in [0, 0.1) is 5.41 Å². The van der Waals surface area contributed by atoms with E-state index in [1.54, 1.807) is 30.5 Å². The third-order valence-corrected chi connectivity index (χ3v) is 3.01. The average Bonchev–Trinajstić information content (AvgIpc) is 2.47. The van der Waals surface area contributed by atoms with Crippen LogP contribution in [0.1, 0.15) is 22.2 Å². The van der Waals surface area contributed by atoms with Gasteiger partial charge in [0.1, 0.15) is 0 Å². The van der Waals surface area contributed by atoms with Crippen LogP contribution >= 0.6 is 0 Å². The summed E-state index contributed by atoms with van der Waals surface area (Å²) in [5, 5.41) is 0. The summed E-state index contributed by atoms with van der Waals surface area (Å²) < 4.78 is 55.2. The van der Waals surface area contributed by atoms with Crippen LogP contribution < -0.4 is 0 Å². The van der Waals surface area contributed by atoms with E-state index >= 15 is 0 Å². The highest BCUT2D eigenvalue weighted by Crippen LogP contribution is 2.40. The Balaban J connectivity index is 2.38. The lowest BCUT2D eigenvalue weighted by atomic mass is 9.85. The van der Waals surface area contributed by atoms with E-state index in [1.807, 2.05) is 6.07 Å². The largest absolute Gasteiger partial charge is 0.394 e. The van der Waals surface area contributed by atoms with Gasteiger partial charge in [0.25, 0.3) is 0 Å². The molecule has 0 fully saturated rings. The minimum Gasteiger partial charge on any atom is -0.256 e. The topological polar surface area (TPSA) is 12.9 Å². The molecule has 0 atom stereocenters. The summed E-state index contributed by atoms with van der Waals surface area (Å²) >= 11 is 0. The molecule has 2 rings (SSSR count). The van der Waals surface area contributed by atoms with Crippen molar-refractivity contribution >= 4 is 0 Å². The molecule has 0 amide bonds. The van der Waals surface area contributed by atoms with Gasteiger partial charge >= 0.3 is 6.18 Å². The molecular formula is C16H16F3N. The first kappa shape index (κ1) is 11.9. The van der Waals surface area contributed by atoms with Gasteiger partial charge in [-0.25, -0.2) is 0 Å². The highest BCUT2D eigenvalue weighted by Gasteiger charge is 2.46. The van der Waals surface area contributed by atoms with Gasteiger partial charge in [0, 0.05) is 14.5 Å². The minimum atomic E-state index is -4.64. The molecule has 2 aromatic rings. The second-order valence-electron chi connectivity index (χ2n) is 5.04. The van der Waals surface area contributed by atoms with E-state index in [1.165, 1.54) is 12.1 Å². The van der Waals surface area contributed by atoms with Crippen LogP contribution in [0.3, 0.4) is 0 Å². The van der Waals surface area contributed by atoms with Gasteiger partial charge in [0.05, 0.1) is 11.1 Å². The van der Waals surface area contributed by atoms with Crippen molar-refractivity contribution in [1.29, 1.82) is 0 Å². The van der Waals surface area contributed by atoms with Crippen molar-refractivity contribution in [1.82, 2.24) is 4.98 Å². The van der Waals surface area contributed by atoms with Crippen molar-refractivity contribution in [3.8, 4) is 11.3 Å². The zero-order valence-corrected chi connectivity index (χ0v) is 11.2. The van der Waals surface area contributed by atoms with Gasteiger partial charge in [-0.15, -0.1) is 0 Å². The van der Waals surface area contributed by atoms with Gasteiger partial charge in [-0.05, 0) is 24.1 Å². The van der Waals surface area contributed by atoms with Gasteiger partial charge in [-0.1, -0.05) is 44.2 Å². The van der Waals surface area contributed by atoms with Gasteiger partial charge in [-0.2, -0.15) is 13.2 Å². The van der Waals surface area contributed by atoms with Crippen molar-refractivity contribution in [2.24, 2.45) is 5.41 Å². The summed E-state index contributed by atoms with van der Waals surface area (Å²) in [7, 11) is 0. The van der Waals surface area contributed by atoms with E-state index in [2.05, 4.69) is 4.98 Å². The van der Waals surface area contributed by atoms with E-state index in [0.717, 1.165) is 19.4 Å². The maximum atomic E-state index is 13.1. The van der Waals surface area contributed by atoms with E-state index in [-0.39, 0.29) is 5.56 Å². The SMILES string of the molecule is [2H]C([2H])(c1ccc(-c2ccccn2)cc1)C(C)(C)C(F)(F)F. The second-order valence-corrected chi connectivity index (χ2v) is 5.04. The fourth-order valence-electron chi connectivity index (χ4n) is 1.69. The number of nitrogens with zero attached hydrogens (tertiary/aromatic N) is 1. The molecule has 0 unspecified atom stereocenters. The van der Waals surface area contributed by atoms with E-state index in [4.69, 9.17) is 2.74 Å². The molecule has 106 valence electrons. The molecule has 0 N–H and O–H groups in total. The lowest BCUT2D eigenvalue weighted by Gasteiger charge is -2.27. The van der Waals surface area contributed by atoms with Crippen molar-refractivity contribution in [3.05, 3.63) is 54.2 Å². The van der Waals surface area contributed by atoms with Crippen LogP contribution in [0.2, 0.25) is 0 Å². The Kier molecular flexibility index (Phi) is 3.15. The lowest BCUT2D eigenvalue weighted by molar-refractivity contribution is -0.211. The lowest BCUT2D eigenvalue weighted by Crippen LogP contribution is -2.34. The molecule has 0 saturated heterocycles. The van der Waals surface area contributed by atoms with E-state index in [0.29, 0.717) is 5.69 Å². The number of hydrogen-bond donors (Lipinski definition) is 0. The molecule has 0 bridgehead atoms. The molecule has 1 heterocycles. The Hall–Kier alpha value is -1.84. The van der Waals surface area contributed by atoms with Gasteiger partial charge in [0.15, 0.2) is 0 Å². The quantitative estimate of drug-likeness (QED) is 0.781. The summed E-state index contributed by atoms with van der Waals surface area (Å²) in [5.41, 5.74) is -1.09. The van der Waals surface area contributed by atoms with Crippen LogP contribution in [-0.4, -0.2) is 11.2 Å². The highest BCUT2D eigenvalue weighted by atomic mass is 19.4. The summed E-state index contributed by atoms with van der Waals surface area (Å²) in [6.45, 7) is 1.75. The monoisotopic (exact) mass is 281 g/mol. The number of pyridine rings is 1. The Labute approximate surface area is 119 Å². The molecule has 0 aliphatic rings. The van der Waals surface area contributed by atoms with Crippen LogP contribution in [0.5, 0.6) is 0 Å². The zero-order chi connectivity index (χ0) is 16.6. The van der Waals surface area contributed by atoms with Gasteiger partial charge in [-0.3, -0.25) is 4.98 Å². The normalized spacial score (nSPS) is 14.7. The molecule has 4 heteroatoms. The smallest absolute Gasteiger partial charge is 0.256 e. The molecule has 0 aliphatic carbocycles. The van der Waals surface area contributed by atoms with Crippen LogP contribution in [0.4, 0.5) is 13.2 Å². The van der Waals surface area contributed by atoms with Gasteiger partial charge in [0.2, 0.25) is 0 Å². The number of aromatic nitrogens is 1. The van der Waals surface area contributed by atoms with Crippen molar-refractivity contribution in [2.75, 3.05) is 0 Å². The summed E-state index contributed by atoms with van der Waals surface area (Å²) in [6.07, 6.45) is -5.56. The van der Waals surface area contributed by atoms with Crippen LogP contribution in [0.15, 0.2) is 48.7 Å². The third kappa shape index (κ3) is 3.18. The fraction of sp³-hybridized carbons (Fsp3) is 0.312. The molecule has 1 nitrogen and oxygen atoms in total. The predicted octanol–water partition coefficient (Wildman–Crippen LogP) is 4.88. The van der Waals surface area contributed by atoms with Crippen LogP contribution in [-0.2, 0) is 6.37 Å². The summed E-state index contributed by atoms with van der Waals surface area (Å²) in [6, 6.07) is 11.3. The molecule has 0 aliphatic heterocycles. The fourth-order valence-corrected chi connectivity index (χ4v) is 1.69. The number of alkyl halides is 3. The number of rotatable bonds is 3. The minimum absolute atomic E-state index is 0.00509. The van der Waals surface area contributed by atoms with E-state index < -0.39 is 18.0 Å². The summed E-state index contributed by atoms with van der Waals surface area (Å²) in [5.74, 6) is 0. The first-order valence-electron chi connectivity index (χ1n) is 7.16. The van der Waals surface area contributed by atoms with Crippen molar-refractivity contribution in [3.63, 3.8) is 0 Å². The third-order valence-electron chi connectivity index (χ3n) is 3.01. The zero-order valence-electron chi connectivity index (χ0n) is 13.2. The molecule has 1 aromatic heterocycles. The van der Waals surface area contributed by atoms with Crippen molar-refractivity contribution in [2.45, 2.75) is 26.4 Å². The van der Waals surface area contributed by atoms with Crippen molar-refractivity contribution < 1.29 is 15.9 Å². The molecular weight excluding hydrogens is 263 g/mol. The highest BCUT2D eigenvalue weighted by molar-refractivity contribution is 5.59. The second kappa shape index (κ2) is 5.27. The maximum Gasteiger partial charge on any atom is 0.394 e. The van der Waals surface area contributed by atoms with Gasteiger partial charge < -0.3 is 0 Å². The predicted molar refractivity (Wildman–Crippen MR) is 73.2 cm³/mol. The Morgan fingerprint density at radius 1 is 1.05 bits per heavy atom.